The van der Waals surface area contributed by atoms with E-state index in [9.17, 15) is 8.42 Å². The summed E-state index contributed by atoms with van der Waals surface area (Å²) in [6.07, 6.45) is 6.37. The Kier molecular flexibility index (Phi) is 5.30. The van der Waals surface area contributed by atoms with Gasteiger partial charge >= 0.3 is 0 Å². The number of hydrogen-bond donors (Lipinski definition) is 1. The van der Waals surface area contributed by atoms with Gasteiger partial charge < -0.3 is 10.1 Å². The van der Waals surface area contributed by atoms with Crippen LogP contribution in [0.1, 0.15) is 13.8 Å². The molecular weight excluding hydrogens is 344 g/mol. The summed E-state index contributed by atoms with van der Waals surface area (Å²) in [6, 6.07) is 1.79. The van der Waals surface area contributed by atoms with Gasteiger partial charge in [0.15, 0.2) is 5.82 Å². The van der Waals surface area contributed by atoms with Gasteiger partial charge in [0.05, 0.1) is 30.4 Å². The van der Waals surface area contributed by atoms with Crippen LogP contribution in [0.5, 0.6) is 0 Å². The third-order valence-corrected chi connectivity index (χ3v) is 5.61. The second kappa shape index (κ2) is 7.46. The van der Waals surface area contributed by atoms with Gasteiger partial charge in [-0.3, -0.25) is 4.98 Å². The van der Waals surface area contributed by atoms with E-state index in [4.69, 9.17) is 4.74 Å². The van der Waals surface area contributed by atoms with Gasteiger partial charge in [-0.05, 0) is 19.9 Å². The SMILES string of the molecule is C[C@H]1CN(S(=O)(=O)CCNc2cncc(-n3cccn3)n2)C[C@H](C)O1. The fraction of sp³-hybridized carbons (Fsp3) is 0.533. The maximum absolute atomic E-state index is 12.5. The Morgan fingerprint density at radius 2 is 2.04 bits per heavy atom. The van der Waals surface area contributed by atoms with Gasteiger partial charge in [0.1, 0.15) is 5.82 Å². The van der Waals surface area contributed by atoms with Crippen LogP contribution in [0, 0.1) is 0 Å². The first-order chi connectivity index (χ1) is 11.9. The van der Waals surface area contributed by atoms with Crippen LogP contribution < -0.4 is 5.32 Å². The molecule has 1 fully saturated rings. The minimum absolute atomic E-state index is 0.0138. The van der Waals surface area contributed by atoms with Crippen molar-refractivity contribution in [3.8, 4) is 5.82 Å². The van der Waals surface area contributed by atoms with Crippen molar-refractivity contribution in [2.45, 2.75) is 26.1 Å². The smallest absolute Gasteiger partial charge is 0.216 e. The van der Waals surface area contributed by atoms with Crippen molar-refractivity contribution in [2.75, 3.05) is 30.7 Å². The molecule has 1 saturated heterocycles. The second-order valence-electron chi connectivity index (χ2n) is 6.03. The molecule has 2 atom stereocenters. The number of hydrogen-bond acceptors (Lipinski definition) is 7. The lowest BCUT2D eigenvalue weighted by molar-refractivity contribution is -0.0440. The summed E-state index contributed by atoms with van der Waals surface area (Å²) in [5.74, 6) is 1.06. The lowest BCUT2D eigenvalue weighted by Crippen LogP contribution is -2.49. The van der Waals surface area contributed by atoms with E-state index in [1.807, 2.05) is 13.8 Å². The van der Waals surface area contributed by atoms with E-state index in [0.717, 1.165) is 0 Å². The van der Waals surface area contributed by atoms with Gasteiger partial charge in [-0.1, -0.05) is 0 Å². The van der Waals surface area contributed by atoms with E-state index >= 15 is 0 Å². The average Bonchev–Trinajstić information content (AvgIpc) is 3.08. The van der Waals surface area contributed by atoms with Crippen molar-refractivity contribution >= 4 is 15.8 Å². The van der Waals surface area contributed by atoms with E-state index in [2.05, 4.69) is 20.4 Å². The molecule has 136 valence electrons. The van der Waals surface area contributed by atoms with Crippen LogP contribution >= 0.6 is 0 Å². The van der Waals surface area contributed by atoms with Gasteiger partial charge in [-0.2, -0.15) is 9.40 Å². The normalized spacial score (nSPS) is 22.0. The fourth-order valence-electron chi connectivity index (χ4n) is 2.75. The zero-order valence-electron chi connectivity index (χ0n) is 14.2. The Morgan fingerprint density at radius 1 is 1.28 bits per heavy atom. The largest absolute Gasteiger partial charge is 0.373 e. The molecule has 10 heteroatoms. The topological polar surface area (TPSA) is 102 Å². The molecule has 25 heavy (non-hydrogen) atoms. The molecule has 3 rings (SSSR count). The molecule has 3 heterocycles. The number of anilines is 1. The zero-order valence-corrected chi connectivity index (χ0v) is 15.1. The predicted octanol–water partition coefficient (Wildman–Crippen LogP) is 0.513. The Labute approximate surface area is 147 Å². The fourth-order valence-corrected chi connectivity index (χ4v) is 4.24. The number of aromatic nitrogens is 4. The monoisotopic (exact) mass is 366 g/mol. The highest BCUT2D eigenvalue weighted by Crippen LogP contribution is 2.15. The number of nitrogens with zero attached hydrogens (tertiary/aromatic N) is 5. The minimum atomic E-state index is -3.35. The lowest BCUT2D eigenvalue weighted by Gasteiger charge is -2.34. The molecule has 0 amide bonds. The molecule has 0 radical (unpaired) electrons. The van der Waals surface area contributed by atoms with Gasteiger partial charge in [-0.25, -0.2) is 18.1 Å². The zero-order chi connectivity index (χ0) is 17.9. The van der Waals surface area contributed by atoms with Crippen molar-refractivity contribution in [3.05, 3.63) is 30.9 Å². The molecule has 2 aromatic rings. The lowest BCUT2D eigenvalue weighted by atomic mass is 10.3. The van der Waals surface area contributed by atoms with E-state index in [-0.39, 0.29) is 24.5 Å². The number of morpholine rings is 1. The quantitative estimate of drug-likeness (QED) is 0.795. The number of ether oxygens (including phenoxy) is 1. The molecule has 1 aliphatic heterocycles. The molecule has 9 nitrogen and oxygen atoms in total. The van der Waals surface area contributed by atoms with Crippen LogP contribution in [0.3, 0.4) is 0 Å². The average molecular weight is 366 g/mol. The Bertz CT molecular complexity index is 785. The summed E-state index contributed by atoms with van der Waals surface area (Å²) in [5, 5.41) is 7.11. The summed E-state index contributed by atoms with van der Waals surface area (Å²) in [7, 11) is -3.35. The predicted molar refractivity (Wildman–Crippen MR) is 93.0 cm³/mol. The first-order valence-electron chi connectivity index (χ1n) is 8.13. The highest BCUT2D eigenvalue weighted by atomic mass is 32.2. The molecule has 1 aliphatic rings. The summed E-state index contributed by atoms with van der Waals surface area (Å²) < 4.78 is 33.7. The number of sulfonamides is 1. The van der Waals surface area contributed by atoms with Crippen molar-refractivity contribution in [1.82, 2.24) is 24.1 Å². The standard InChI is InChI=1S/C15H22N6O3S/c1-12-10-20(11-13(2)24-12)25(22,23)7-5-17-14-8-16-9-15(19-14)21-6-3-4-18-21/h3-4,6,8-9,12-13H,5,7,10-11H2,1-2H3,(H,17,19)/t12-,13-/m0/s1. The van der Waals surface area contributed by atoms with Crippen LogP contribution in [-0.4, -0.2) is 70.1 Å². The number of nitrogens with one attached hydrogen (secondary N) is 1. The van der Waals surface area contributed by atoms with Gasteiger partial charge in [-0.15, -0.1) is 0 Å². The van der Waals surface area contributed by atoms with E-state index in [1.165, 1.54) is 4.31 Å². The third-order valence-electron chi connectivity index (χ3n) is 3.81. The van der Waals surface area contributed by atoms with E-state index < -0.39 is 10.0 Å². The highest BCUT2D eigenvalue weighted by molar-refractivity contribution is 7.89. The molecule has 2 aromatic heterocycles. The molecule has 0 aliphatic carbocycles. The minimum Gasteiger partial charge on any atom is -0.373 e. The third kappa shape index (κ3) is 4.53. The number of rotatable bonds is 6. The van der Waals surface area contributed by atoms with Crippen LogP contribution in [0.15, 0.2) is 30.9 Å². The van der Waals surface area contributed by atoms with Gasteiger partial charge in [0.25, 0.3) is 0 Å². The van der Waals surface area contributed by atoms with Crippen molar-refractivity contribution in [1.29, 1.82) is 0 Å². The first-order valence-corrected chi connectivity index (χ1v) is 9.74. The van der Waals surface area contributed by atoms with Gasteiger partial charge in [0, 0.05) is 32.0 Å². The second-order valence-corrected chi connectivity index (χ2v) is 8.12. The summed E-state index contributed by atoms with van der Waals surface area (Å²) in [5.41, 5.74) is 0. The van der Waals surface area contributed by atoms with E-state index in [1.54, 1.807) is 35.5 Å². The maximum atomic E-state index is 12.5. The molecule has 0 aromatic carbocycles. The van der Waals surface area contributed by atoms with Crippen LogP contribution in [0.4, 0.5) is 5.82 Å². The molecular formula is C15H22N6O3S. The Morgan fingerprint density at radius 3 is 2.72 bits per heavy atom. The van der Waals surface area contributed by atoms with E-state index in [0.29, 0.717) is 24.7 Å². The van der Waals surface area contributed by atoms with Crippen molar-refractivity contribution < 1.29 is 13.2 Å². The molecule has 0 unspecified atom stereocenters. The Balaban J connectivity index is 1.58. The van der Waals surface area contributed by atoms with Crippen LogP contribution in [0.25, 0.3) is 5.82 Å². The first kappa shape index (κ1) is 17.8. The van der Waals surface area contributed by atoms with Crippen molar-refractivity contribution in [3.63, 3.8) is 0 Å². The van der Waals surface area contributed by atoms with Crippen molar-refractivity contribution in [2.24, 2.45) is 0 Å². The summed E-state index contributed by atoms with van der Waals surface area (Å²) in [4.78, 5) is 8.47. The van der Waals surface area contributed by atoms with Crippen LogP contribution in [-0.2, 0) is 14.8 Å². The summed E-state index contributed by atoms with van der Waals surface area (Å²) >= 11 is 0. The van der Waals surface area contributed by atoms with Gasteiger partial charge in [0.2, 0.25) is 10.0 Å². The maximum Gasteiger partial charge on any atom is 0.216 e. The Hall–Kier alpha value is -2.04. The molecule has 0 saturated carbocycles. The van der Waals surface area contributed by atoms with Crippen LogP contribution in [0.2, 0.25) is 0 Å². The molecule has 1 N–H and O–H groups in total. The molecule has 0 bridgehead atoms. The molecule has 0 spiro atoms. The highest BCUT2D eigenvalue weighted by Gasteiger charge is 2.30. The summed E-state index contributed by atoms with van der Waals surface area (Å²) in [6.45, 7) is 4.79.